The van der Waals surface area contributed by atoms with E-state index < -0.39 is 7.92 Å². The Morgan fingerprint density at radius 3 is 1.66 bits per heavy atom. The van der Waals surface area contributed by atoms with Crippen molar-refractivity contribution in [1.29, 1.82) is 0 Å². The first-order chi connectivity index (χ1) is 16.6. The highest BCUT2D eigenvalue weighted by molar-refractivity contribution is 7.80. The van der Waals surface area contributed by atoms with Crippen LogP contribution in [0.2, 0.25) is 0 Å². The van der Waals surface area contributed by atoms with Gasteiger partial charge in [0, 0.05) is 5.66 Å². The molecule has 4 rings (SSSR count). The Balaban J connectivity index is 1.88. The fourth-order valence-electron chi connectivity index (χ4n) is 5.99. The molecule has 3 aromatic carbocycles. The van der Waals surface area contributed by atoms with Crippen molar-refractivity contribution in [3.8, 4) is 0 Å². The lowest BCUT2D eigenvalue weighted by Gasteiger charge is -2.46. The molecule has 1 aliphatic rings. The summed E-state index contributed by atoms with van der Waals surface area (Å²) >= 11 is 0. The van der Waals surface area contributed by atoms with Crippen molar-refractivity contribution in [2.75, 3.05) is 0 Å². The molecule has 0 heterocycles. The van der Waals surface area contributed by atoms with Crippen LogP contribution in [-0.2, 0) is 0 Å². The maximum Gasteiger partial charge on any atom is 0.00258 e. The monoisotopic (exact) mass is 498 g/mol. The normalized spacial score (nSPS) is 15.3. The van der Waals surface area contributed by atoms with E-state index in [1.54, 1.807) is 5.57 Å². The Hall–Kier alpha value is -2.00. The molecular formula is C33H40P2. The van der Waals surface area contributed by atoms with Gasteiger partial charge in [-0.1, -0.05) is 153 Å². The predicted molar refractivity (Wildman–Crippen MR) is 162 cm³/mol. The van der Waals surface area contributed by atoms with Gasteiger partial charge in [0.15, 0.2) is 0 Å². The minimum atomic E-state index is -0.638. The molecule has 2 heteroatoms. The van der Waals surface area contributed by atoms with Gasteiger partial charge in [0.25, 0.3) is 0 Å². The molecule has 0 radical (unpaired) electrons. The molecule has 182 valence electrons. The summed E-state index contributed by atoms with van der Waals surface area (Å²) in [5.41, 5.74) is 5.08. The maximum absolute atomic E-state index is 2.49. The lowest BCUT2D eigenvalue weighted by Crippen LogP contribution is -2.31. The Morgan fingerprint density at radius 1 is 0.657 bits per heavy atom. The van der Waals surface area contributed by atoms with Crippen LogP contribution in [0, 0.1) is 0 Å². The summed E-state index contributed by atoms with van der Waals surface area (Å²) in [7, 11) is -0.887. The third-order valence-corrected chi connectivity index (χ3v) is 13.2. The second-order valence-corrected chi connectivity index (χ2v) is 17.8. The summed E-state index contributed by atoms with van der Waals surface area (Å²) in [5.74, 6) is 0. The van der Waals surface area contributed by atoms with Gasteiger partial charge in [0.1, 0.15) is 0 Å². The Labute approximate surface area is 216 Å². The molecule has 1 atom stereocenters. The quantitative estimate of drug-likeness (QED) is 0.298. The van der Waals surface area contributed by atoms with Crippen LogP contribution in [0.25, 0.3) is 5.57 Å². The fourth-order valence-corrected chi connectivity index (χ4v) is 13.3. The van der Waals surface area contributed by atoms with Crippen LogP contribution >= 0.6 is 15.8 Å². The van der Waals surface area contributed by atoms with E-state index in [-0.39, 0.29) is 7.92 Å². The first-order valence-electron chi connectivity index (χ1n) is 12.8. The SMILES string of the molecule is C[C@H](C1=C(c2ccccc2P(c2ccccc2)c2ccccc2)CC=C1)P(C(C)(C)C)C(C)(C)C. The van der Waals surface area contributed by atoms with Crippen LogP contribution in [0.1, 0.15) is 60.5 Å². The van der Waals surface area contributed by atoms with Crippen molar-refractivity contribution in [2.45, 2.75) is 70.9 Å². The van der Waals surface area contributed by atoms with E-state index in [2.05, 4.69) is 146 Å². The molecule has 0 saturated heterocycles. The molecule has 1 aliphatic carbocycles. The highest BCUT2D eigenvalue weighted by Gasteiger charge is 2.40. The van der Waals surface area contributed by atoms with Gasteiger partial charge in [-0.05, 0) is 57.3 Å². The molecule has 0 bridgehead atoms. The van der Waals surface area contributed by atoms with Gasteiger partial charge >= 0.3 is 0 Å². The van der Waals surface area contributed by atoms with Gasteiger partial charge in [-0.3, -0.25) is 0 Å². The molecule has 3 aromatic rings. The minimum Gasteiger partial charge on any atom is -0.0882 e. The number of rotatable bonds is 6. The van der Waals surface area contributed by atoms with E-state index in [9.17, 15) is 0 Å². The Kier molecular flexibility index (Phi) is 7.86. The van der Waals surface area contributed by atoms with Crippen molar-refractivity contribution in [1.82, 2.24) is 0 Å². The lowest BCUT2D eigenvalue weighted by molar-refractivity contribution is 0.695. The average molecular weight is 499 g/mol. The summed E-state index contributed by atoms with van der Waals surface area (Å²) in [6.07, 6.45) is 5.86. The van der Waals surface area contributed by atoms with Gasteiger partial charge in [-0.25, -0.2) is 0 Å². The van der Waals surface area contributed by atoms with Crippen LogP contribution in [0.15, 0.2) is 103 Å². The third kappa shape index (κ3) is 5.71. The first kappa shape index (κ1) is 26.1. The largest absolute Gasteiger partial charge is 0.0882 e. The molecule has 0 saturated carbocycles. The molecule has 0 amide bonds. The second kappa shape index (κ2) is 10.5. The zero-order valence-electron chi connectivity index (χ0n) is 22.4. The maximum atomic E-state index is 2.49. The Morgan fingerprint density at radius 2 is 1.14 bits per heavy atom. The summed E-state index contributed by atoms with van der Waals surface area (Å²) < 4.78 is 0. The van der Waals surface area contributed by atoms with Crippen molar-refractivity contribution in [2.24, 2.45) is 0 Å². The van der Waals surface area contributed by atoms with E-state index in [1.807, 2.05) is 0 Å². The second-order valence-electron chi connectivity index (χ2n) is 11.5. The van der Waals surface area contributed by atoms with Crippen molar-refractivity contribution < 1.29 is 0 Å². The molecule has 35 heavy (non-hydrogen) atoms. The number of hydrogen-bond donors (Lipinski definition) is 0. The smallest absolute Gasteiger partial charge is 0.00258 e. The van der Waals surface area contributed by atoms with E-state index in [4.69, 9.17) is 0 Å². The predicted octanol–water partition coefficient (Wildman–Crippen LogP) is 8.63. The molecule has 0 nitrogen and oxygen atoms in total. The van der Waals surface area contributed by atoms with Crippen LogP contribution in [0.4, 0.5) is 0 Å². The Bertz CT molecular complexity index is 1140. The highest BCUT2D eigenvalue weighted by Crippen LogP contribution is 2.65. The summed E-state index contributed by atoms with van der Waals surface area (Å²) in [6.45, 7) is 17.1. The first-order valence-corrected chi connectivity index (χ1v) is 15.5. The highest BCUT2D eigenvalue weighted by atomic mass is 31.1. The van der Waals surface area contributed by atoms with E-state index in [0.717, 1.165) is 6.42 Å². The van der Waals surface area contributed by atoms with Crippen molar-refractivity contribution in [3.05, 3.63) is 108 Å². The van der Waals surface area contributed by atoms with E-state index >= 15 is 0 Å². The van der Waals surface area contributed by atoms with Crippen molar-refractivity contribution in [3.63, 3.8) is 0 Å². The van der Waals surface area contributed by atoms with E-state index in [1.165, 1.54) is 27.1 Å². The van der Waals surface area contributed by atoms with Gasteiger partial charge in [-0.15, -0.1) is 0 Å². The summed E-state index contributed by atoms with van der Waals surface area (Å²) in [4.78, 5) is 0. The van der Waals surface area contributed by atoms with Crippen LogP contribution < -0.4 is 15.9 Å². The number of allylic oxidation sites excluding steroid dienone is 4. The van der Waals surface area contributed by atoms with Gasteiger partial charge in [0.05, 0.1) is 0 Å². The van der Waals surface area contributed by atoms with Gasteiger partial charge in [0.2, 0.25) is 0 Å². The van der Waals surface area contributed by atoms with Gasteiger partial charge in [-0.2, -0.15) is 0 Å². The van der Waals surface area contributed by atoms with E-state index in [0.29, 0.717) is 16.0 Å². The molecule has 0 aliphatic heterocycles. The molecule has 0 fully saturated rings. The average Bonchev–Trinajstić information content (AvgIpc) is 3.29. The lowest BCUT2D eigenvalue weighted by atomic mass is 10.00. The summed E-state index contributed by atoms with van der Waals surface area (Å²) in [6, 6.07) is 31.4. The summed E-state index contributed by atoms with van der Waals surface area (Å²) in [5, 5.41) is 4.88. The molecule has 0 unspecified atom stereocenters. The zero-order valence-corrected chi connectivity index (χ0v) is 24.2. The topological polar surface area (TPSA) is 0 Å². The minimum absolute atomic E-state index is 0.248. The third-order valence-electron chi connectivity index (χ3n) is 6.75. The van der Waals surface area contributed by atoms with Crippen LogP contribution in [-0.4, -0.2) is 16.0 Å². The standard InChI is InChI=1S/C33H40P2/c1-25(35(32(2,3)4)33(5,6)7)28-22-16-23-29(28)30-21-14-15-24-31(30)34(26-17-10-8-11-18-26)27-19-12-9-13-20-27/h8-22,24-25H,23H2,1-7H3/t25-/m1/s1. The number of hydrogen-bond acceptors (Lipinski definition) is 0. The van der Waals surface area contributed by atoms with Crippen LogP contribution in [0.3, 0.4) is 0 Å². The fraction of sp³-hybridized carbons (Fsp3) is 0.333. The van der Waals surface area contributed by atoms with Crippen molar-refractivity contribution >= 4 is 37.3 Å². The van der Waals surface area contributed by atoms with Crippen LogP contribution in [0.5, 0.6) is 0 Å². The zero-order chi connectivity index (χ0) is 25.2. The molecule has 0 aromatic heterocycles. The molecule has 0 spiro atoms. The van der Waals surface area contributed by atoms with Gasteiger partial charge < -0.3 is 0 Å². The molecular weight excluding hydrogens is 458 g/mol. The molecule has 0 N–H and O–H groups in total. The number of benzene rings is 3.